The van der Waals surface area contributed by atoms with Crippen LogP contribution in [0.5, 0.6) is 0 Å². The Bertz CT molecular complexity index is 595. The van der Waals surface area contributed by atoms with Gasteiger partial charge in [0.15, 0.2) is 5.82 Å². The number of hydrogen-bond acceptors (Lipinski definition) is 5. The van der Waals surface area contributed by atoms with Gasteiger partial charge >= 0.3 is 0 Å². The fourth-order valence-corrected chi connectivity index (χ4v) is 1.64. The lowest BCUT2D eigenvalue weighted by atomic mass is 10.3. The molecule has 0 fully saturated rings. The van der Waals surface area contributed by atoms with Gasteiger partial charge in [0.05, 0.1) is 0 Å². The second kappa shape index (κ2) is 4.50. The van der Waals surface area contributed by atoms with Gasteiger partial charge in [-0.1, -0.05) is 6.07 Å². The first-order chi connectivity index (χ1) is 8.84. The predicted molar refractivity (Wildman–Crippen MR) is 65.2 cm³/mol. The standard InChI is InChI=1S/C11H7ClN6/c12-10-16-9(8-4-1-2-5-13-8)18(17-10)11-14-6-3-7-15-11/h1-7H. The molecule has 0 aromatic carbocycles. The van der Waals surface area contributed by atoms with Gasteiger partial charge in [0, 0.05) is 18.6 Å². The number of aromatic nitrogens is 6. The molecule has 6 nitrogen and oxygen atoms in total. The summed E-state index contributed by atoms with van der Waals surface area (Å²) in [5, 5.41) is 4.19. The molecule has 0 bridgehead atoms. The molecule has 0 aliphatic carbocycles. The Kier molecular flexibility index (Phi) is 2.70. The lowest BCUT2D eigenvalue weighted by Gasteiger charge is -2.02. The Balaban J connectivity index is 2.17. The number of hydrogen-bond donors (Lipinski definition) is 0. The van der Waals surface area contributed by atoms with Crippen LogP contribution in [-0.4, -0.2) is 29.7 Å². The SMILES string of the molecule is Clc1nc(-c2ccccn2)n(-c2ncccn2)n1. The van der Waals surface area contributed by atoms with E-state index in [2.05, 4.69) is 25.0 Å². The average Bonchev–Trinajstić information content (AvgIpc) is 2.83. The molecule has 7 heteroatoms. The third kappa shape index (κ3) is 1.93. The summed E-state index contributed by atoms with van der Waals surface area (Å²) < 4.78 is 1.46. The fourth-order valence-electron chi connectivity index (χ4n) is 1.49. The molecule has 0 N–H and O–H groups in total. The van der Waals surface area contributed by atoms with Crippen molar-refractivity contribution in [3.05, 3.63) is 48.1 Å². The van der Waals surface area contributed by atoms with Crippen molar-refractivity contribution >= 4 is 11.6 Å². The molecule has 3 rings (SSSR count). The first-order valence-electron chi connectivity index (χ1n) is 5.16. The highest BCUT2D eigenvalue weighted by molar-refractivity contribution is 6.28. The Hall–Kier alpha value is -2.34. The molecule has 0 radical (unpaired) electrons. The van der Waals surface area contributed by atoms with Gasteiger partial charge in [0.25, 0.3) is 5.95 Å². The largest absolute Gasteiger partial charge is 0.253 e. The topological polar surface area (TPSA) is 69.4 Å². The predicted octanol–water partition coefficient (Wildman–Crippen LogP) is 1.77. The van der Waals surface area contributed by atoms with Crippen molar-refractivity contribution < 1.29 is 0 Å². The van der Waals surface area contributed by atoms with Crippen molar-refractivity contribution in [3.8, 4) is 17.5 Å². The maximum Gasteiger partial charge on any atom is 0.252 e. The van der Waals surface area contributed by atoms with Gasteiger partial charge in [-0.25, -0.2) is 9.97 Å². The van der Waals surface area contributed by atoms with Crippen molar-refractivity contribution in [3.63, 3.8) is 0 Å². The van der Waals surface area contributed by atoms with Crippen LogP contribution in [-0.2, 0) is 0 Å². The number of pyridine rings is 1. The summed E-state index contributed by atoms with van der Waals surface area (Å²) in [5.74, 6) is 0.907. The summed E-state index contributed by atoms with van der Waals surface area (Å²) in [4.78, 5) is 16.6. The number of halogens is 1. The molecule has 3 aromatic rings. The van der Waals surface area contributed by atoms with Gasteiger partial charge in [-0.3, -0.25) is 4.98 Å². The van der Waals surface area contributed by atoms with Crippen molar-refractivity contribution in [2.75, 3.05) is 0 Å². The highest BCUT2D eigenvalue weighted by Gasteiger charge is 2.14. The van der Waals surface area contributed by atoms with Crippen LogP contribution >= 0.6 is 11.6 Å². The second-order valence-corrected chi connectivity index (χ2v) is 3.72. The van der Waals surface area contributed by atoms with Crippen LogP contribution in [0.3, 0.4) is 0 Å². The first-order valence-corrected chi connectivity index (χ1v) is 5.54. The number of nitrogens with zero attached hydrogens (tertiary/aromatic N) is 6. The van der Waals surface area contributed by atoms with E-state index >= 15 is 0 Å². The molecule has 0 aliphatic heterocycles. The van der Waals surface area contributed by atoms with E-state index < -0.39 is 0 Å². The van der Waals surface area contributed by atoms with E-state index in [1.165, 1.54) is 4.68 Å². The number of rotatable bonds is 2. The molecule has 0 atom stereocenters. The molecule has 18 heavy (non-hydrogen) atoms. The second-order valence-electron chi connectivity index (χ2n) is 3.38. The van der Waals surface area contributed by atoms with Crippen LogP contribution in [0.2, 0.25) is 5.28 Å². The highest BCUT2D eigenvalue weighted by Crippen LogP contribution is 2.18. The zero-order valence-corrected chi connectivity index (χ0v) is 9.86. The van der Waals surface area contributed by atoms with Gasteiger partial charge in [-0.05, 0) is 29.8 Å². The summed E-state index contributed by atoms with van der Waals surface area (Å²) in [6.45, 7) is 0. The van der Waals surface area contributed by atoms with Crippen molar-refractivity contribution in [2.24, 2.45) is 0 Å². The molecule has 88 valence electrons. The molecule has 0 spiro atoms. The van der Waals surface area contributed by atoms with E-state index in [1.807, 2.05) is 18.2 Å². The Morgan fingerprint density at radius 3 is 2.44 bits per heavy atom. The van der Waals surface area contributed by atoms with Crippen LogP contribution in [0.25, 0.3) is 17.5 Å². The quantitative estimate of drug-likeness (QED) is 0.701. The van der Waals surface area contributed by atoms with Gasteiger partial charge in [-0.2, -0.15) is 9.67 Å². The van der Waals surface area contributed by atoms with Gasteiger partial charge in [-0.15, -0.1) is 5.10 Å². The lowest BCUT2D eigenvalue weighted by molar-refractivity contribution is 0.811. The van der Waals surface area contributed by atoms with Crippen LogP contribution < -0.4 is 0 Å². The molecule has 0 saturated heterocycles. The average molecular weight is 259 g/mol. The summed E-state index contributed by atoms with van der Waals surface area (Å²) in [6.07, 6.45) is 4.92. The molecule has 0 amide bonds. The molecule has 0 aliphatic rings. The minimum atomic E-state index is 0.128. The smallest absolute Gasteiger partial charge is 0.252 e. The third-order valence-electron chi connectivity index (χ3n) is 2.22. The van der Waals surface area contributed by atoms with Gasteiger partial charge in [0.1, 0.15) is 5.69 Å². The van der Waals surface area contributed by atoms with E-state index in [0.717, 1.165) is 0 Å². The van der Waals surface area contributed by atoms with Crippen molar-refractivity contribution in [2.45, 2.75) is 0 Å². The first kappa shape index (κ1) is 10.8. The van der Waals surface area contributed by atoms with Crippen LogP contribution in [0.1, 0.15) is 0 Å². The summed E-state index contributed by atoms with van der Waals surface area (Å²) in [6, 6.07) is 7.23. The highest BCUT2D eigenvalue weighted by atomic mass is 35.5. The molecule has 3 heterocycles. The van der Waals surface area contributed by atoms with Crippen LogP contribution in [0, 0.1) is 0 Å². The van der Waals surface area contributed by atoms with Crippen molar-refractivity contribution in [1.82, 2.24) is 29.7 Å². The monoisotopic (exact) mass is 258 g/mol. The van der Waals surface area contributed by atoms with E-state index in [0.29, 0.717) is 17.5 Å². The third-order valence-corrected chi connectivity index (χ3v) is 2.38. The van der Waals surface area contributed by atoms with Gasteiger partial charge < -0.3 is 0 Å². The van der Waals surface area contributed by atoms with Crippen LogP contribution in [0.15, 0.2) is 42.9 Å². The Morgan fingerprint density at radius 2 is 1.72 bits per heavy atom. The normalized spacial score (nSPS) is 10.5. The molecular formula is C11H7ClN6. The molecule has 3 aromatic heterocycles. The minimum absolute atomic E-state index is 0.128. The maximum atomic E-state index is 5.84. The van der Waals surface area contributed by atoms with E-state index in [9.17, 15) is 0 Å². The minimum Gasteiger partial charge on any atom is -0.253 e. The zero-order chi connectivity index (χ0) is 12.4. The fraction of sp³-hybridized carbons (Fsp3) is 0. The Labute approximate surface area is 107 Å². The summed E-state index contributed by atoms with van der Waals surface area (Å²) in [7, 11) is 0. The summed E-state index contributed by atoms with van der Waals surface area (Å²) >= 11 is 5.84. The Morgan fingerprint density at radius 1 is 0.944 bits per heavy atom. The van der Waals surface area contributed by atoms with Crippen LogP contribution in [0.4, 0.5) is 0 Å². The summed E-state index contributed by atoms with van der Waals surface area (Å²) in [5.41, 5.74) is 0.657. The van der Waals surface area contributed by atoms with E-state index in [4.69, 9.17) is 11.6 Å². The molecular weight excluding hydrogens is 252 g/mol. The molecule has 0 saturated carbocycles. The van der Waals surface area contributed by atoms with Crippen molar-refractivity contribution in [1.29, 1.82) is 0 Å². The van der Waals surface area contributed by atoms with E-state index in [-0.39, 0.29) is 5.28 Å². The maximum absolute atomic E-state index is 5.84. The van der Waals surface area contributed by atoms with E-state index in [1.54, 1.807) is 24.7 Å². The zero-order valence-electron chi connectivity index (χ0n) is 9.10. The van der Waals surface area contributed by atoms with Gasteiger partial charge in [0.2, 0.25) is 5.28 Å². The lowest BCUT2D eigenvalue weighted by Crippen LogP contribution is -2.04. The molecule has 0 unspecified atom stereocenters.